The minimum Gasteiger partial charge on any atom is -0.471 e. The lowest BCUT2D eigenvalue weighted by Gasteiger charge is -2.08. The van der Waals surface area contributed by atoms with Crippen LogP contribution in [0, 0.1) is 0 Å². The number of aromatic nitrogens is 2. The van der Waals surface area contributed by atoms with E-state index >= 15 is 0 Å². The molecule has 0 aliphatic rings. The lowest BCUT2D eigenvalue weighted by molar-refractivity contribution is 0.0606. The Balaban J connectivity index is 1.21. The fourth-order valence-electron chi connectivity index (χ4n) is 3.63. The fraction of sp³-hybridized carbons (Fsp3) is 0.0741. The second-order valence-electron chi connectivity index (χ2n) is 7.81. The van der Waals surface area contributed by atoms with E-state index < -0.39 is 5.97 Å². The van der Waals surface area contributed by atoms with Gasteiger partial charge in [0.05, 0.1) is 12.1 Å². The van der Waals surface area contributed by atoms with Crippen LogP contribution in [0.4, 0.5) is 5.69 Å². The van der Waals surface area contributed by atoms with Crippen molar-refractivity contribution in [3.63, 3.8) is 0 Å². The Kier molecular flexibility index (Phi) is 6.71. The van der Waals surface area contributed by atoms with Crippen LogP contribution in [0.5, 0.6) is 5.75 Å². The molecule has 9 heteroatoms. The maximum Gasteiger partial charge on any atom is 0.349 e. The highest BCUT2D eigenvalue weighted by Gasteiger charge is 2.18. The number of halogens is 1. The van der Waals surface area contributed by atoms with Gasteiger partial charge in [-0.2, -0.15) is 5.10 Å². The first-order valence-electron chi connectivity index (χ1n) is 11.0. The molecule has 0 bridgehead atoms. The topological polar surface area (TPSA) is 82.5 Å². The average Bonchev–Trinajstić information content (AvgIpc) is 3.52. The molecular weight excluding hydrogens is 498 g/mol. The number of amides is 1. The molecule has 180 valence electrons. The normalized spacial score (nSPS) is 10.8. The van der Waals surface area contributed by atoms with Crippen molar-refractivity contribution in [2.45, 2.75) is 6.73 Å². The third-order valence-electron chi connectivity index (χ3n) is 5.46. The van der Waals surface area contributed by atoms with Gasteiger partial charge in [0.2, 0.25) is 0 Å². The number of thiophene rings is 1. The molecule has 2 heterocycles. The van der Waals surface area contributed by atoms with Gasteiger partial charge in [-0.25, -0.2) is 9.48 Å². The van der Waals surface area contributed by atoms with Gasteiger partial charge < -0.3 is 14.8 Å². The van der Waals surface area contributed by atoms with Crippen LogP contribution in [0.1, 0.15) is 20.2 Å². The highest BCUT2D eigenvalue weighted by atomic mass is 35.5. The molecule has 0 aliphatic carbocycles. The van der Waals surface area contributed by atoms with Crippen molar-refractivity contribution in [1.29, 1.82) is 0 Å². The van der Waals surface area contributed by atoms with Gasteiger partial charge in [0.1, 0.15) is 10.6 Å². The number of anilines is 1. The summed E-state index contributed by atoms with van der Waals surface area (Å²) in [6, 6.07) is 24.8. The van der Waals surface area contributed by atoms with Crippen molar-refractivity contribution in [1.82, 2.24) is 9.78 Å². The average molecular weight is 518 g/mol. The Labute approximate surface area is 215 Å². The number of hydrogen-bond donors (Lipinski definition) is 1. The van der Waals surface area contributed by atoms with E-state index in [4.69, 9.17) is 21.1 Å². The standard InChI is InChI=1S/C27H20ClN3O4S/c1-34-27(33)25-24(28)21-12-9-19(15-23(21)36-25)29-26(32)22-13-14-31(30-22)16-35-20-10-7-18(8-11-20)17-5-3-2-4-6-17/h2-15H,16H2,1H3,(H,29,32). The largest absolute Gasteiger partial charge is 0.471 e. The van der Waals surface area contributed by atoms with E-state index in [0.29, 0.717) is 21.3 Å². The molecule has 0 unspecified atom stereocenters. The van der Waals surface area contributed by atoms with Gasteiger partial charge in [0.15, 0.2) is 12.4 Å². The monoisotopic (exact) mass is 517 g/mol. The van der Waals surface area contributed by atoms with E-state index in [-0.39, 0.29) is 18.3 Å². The number of carbonyl (C=O) groups excluding carboxylic acids is 2. The van der Waals surface area contributed by atoms with Crippen molar-refractivity contribution in [2.75, 3.05) is 12.4 Å². The molecule has 36 heavy (non-hydrogen) atoms. The van der Waals surface area contributed by atoms with Crippen LogP contribution in [0.2, 0.25) is 5.02 Å². The van der Waals surface area contributed by atoms with Crippen LogP contribution in [-0.2, 0) is 11.5 Å². The van der Waals surface area contributed by atoms with Crippen LogP contribution in [-0.4, -0.2) is 28.8 Å². The minimum atomic E-state index is -0.494. The maximum atomic E-state index is 12.7. The molecule has 5 aromatic rings. The summed E-state index contributed by atoms with van der Waals surface area (Å²) in [5.74, 6) is -0.159. The Morgan fingerprint density at radius 3 is 2.50 bits per heavy atom. The number of methoxy groups -OCH3 is 1. The molecule has 0 saturated carbocycles. The van der Waals surface area contributed by atoms with Crippen molar-refractivity contribution >= 4 is 50.6 Å². The summed E-state index contributed by atoms with van der Waals surface area (Å²) in [7, 11) is 1.31. The SMILES string of the molecule is COC(=O)c1sc2cc(NC(=O)c3ccn(COc4ccc(-c5ccccc5)cc4)n3)ccc2c1Cl. The minimum absolute atomic E-state index is 0.161. The number of hydrogen-bond acceptors (Lipinski definition) is 6. The van der Waals surface area contributed by atoms with Crippen molar-refractivity contribution < 1.29 is 19.1 Å². The molecule has 1 amide bonds. The van der Waals surface area contributed by atoms with Gasteiger partial charge >= 0.3 is 5.97 Å². The second-order valence-corrected chi connectivity index (χ2v) is 9.24. The second kappa shape index (κ2) is 10.2. The summed E-state index contributed by atoms with van der Waals surface area (Å²) in [6.07, 6.45) is 1.68. The number of rotatable bonds is 7. The van der Waals surface area contributed by atoms with Crippen molar-refractivity contribution in [2.24, 2.45) is 0 Å². The first-order valence-corrected chi connectivity index (χ1v) is 12.1. The zero-order chi connectivity index (χ0) is 25.1. The number of nitrogens with one attached hydrogen (secondary N) is 1. The molecule has 1 N–H and O–H groups in total. The van der Waals surface area contributed by atoms with E-state index in [1.54, 1.807) is 35.1 Å². The van der Waals surface area contributed by atoms with Crippen LogP contribution >= 0.6 is 22.9 Å². The summed E-state index contributed by atoms with van der Waals surface area (Å²) < 4.78 is 12.9. The van der Waals surface area contributed by atoms with Gasteiger partial charge in [0, 0.05) is 22.0 Å². The third-order valence-corrected chi connectivity index (χ3v) is 7.09. The van der Waals surface area contributed by atoms with E-state index in [1.165, 1.54) is 18.4 Å². The summed E-state index contributed by atoms with van der Waals surface area (Å²) in [5.41, 5.74) is 3.05. The molecule has 7 nitrogen and oxygen atoms in total. The maximum absolute atomic E-state index is 12.7. The predicted molar refractivity (Wildman–Crippen MR) is 141 cm³/mol. The Morgan fingerprint density at radius 1 is 1.00 bits per heavy atom. The first-order chi connectivity index (χ1) is 17.5. The molecule has 2 aromatic heterocycles. The van der Waals surface area contributed by atoms with Crippen molar-refractivity contribution in [3.05, 3.63) is 101 Å². The first kappa shape index (κ1) is 23.6. The molecular formula is C27H20ClN3O4S. The zero-order valence-electron chi connectivity index (χ0n) is 19.1. The zero-order valence-corrected chi connectivity index (χ0v) is 20.7. The summed E-state index contributed by atoms with van der Waals surface area (Å²) in [5, 5.41) is 8.19. The number of nitrogens with zero attached hydrogens (tertiary/aromatic N) is 2. The number of benzene rings is 3. The van der Waals surface area contributed by atoms with Gasteiger partial charge in [-0.15, -0.1) is 11.3 Å². The van der Waals surface area contributed by atoms with Crippen LogP contribution < -0.4 is 10.1 Å². The van der Waals surface area contributed by atoms with Crippen molar-refractivity contribution in [3.8, 4) is 16.9 Å². The smallest absolute Gasteiger partial charge is 0.349 e. The summed E-state index contributed by atoms with van der Waals surface area (Å²) in [4.78, 5) is 24.9. The molecule has 0 atom stereocenters. The Hall–Kier alpha value is -4.14. The van der Waals surface area contributed by atoms with Crippen LogP contribution in [0.3, 0.4) is 0 Å². The number of esters is 1. The molecule has 0 saturated heterocycles. The van der Waals surface area contributed by atoms with Gasteiger partial charge in [-0.05, 0) is 47.5 Å². The quantitative estimate of drug-likeness (QED) is 0.249. The van der Waals surface area contributed by atoms with Gasteiger partial charge in [0.25, 0.3) is 5.91 Å². The van der Waals surface area contributed by atoms with E-state index in [1.807, 2.05) is 42.5 Å². The Morgan fingerprint density at radius 2 is 1.75 bits per heavy atom. The third kappa shape index (κ3) is 4.95. The number of ether oxygens (including phenoxy) is 2. The lowest BCUT2D eigenvalue weighted by Crippen LogP contribution is -2.14. The number of fused-ring (bicyclic) bond motifs is 1. The molecule has 0 radical (unpaired) electrons. The van der Waals surface area contributed by atoms with Gasteiger partial charge in [-0.3, -0.25) is 4.79 Å². The van der Waals surface area contributed by atoms with Crippen LogP contribution in [0.15, 0.2) is 85.1 Å². The molecule has 0 fully saturated rings. The summed E-state index contributed by atoms with van der Waals surface area (Å²) >= 11 is 7.50. The van der Waals surface area contributed by atoms with Gasteiger partial charge in [-0.1, -0.05) is 54.1 Å². The lowest BCUT2D eigenvalue weighted by atomic mass is 10.1. The summed E-state index contributed by atoms with van der Waals surface area (Å²) in [6.45, 7) is 0.161. The van der Waals surface area contributed by atoms with E-state index in [2.05, 4.69) is 22.5 Å². The molecule has 0 spiro atoms. The fourth-order valence-corrected chi connectivity index (χ4v) is 5.10. The van der Waals surface area contributed by atoms with E-state index in [9.17, 15) is 9.59 Å². The highest BCUT2D eigenvalue weighted by Crippen LogP contribution is 2.37. The molecule has 3 aromatic carbocycles. The molecule has 0 aliphatic heterocycles. The van der Waals surface area contributed by atoms with E-state index in [0.717, 1.165) is 21.2 Å². The van der Waals surface area contributed by atoms with Crippen LogP contribution in [0.25, 0.3) is 21.2 Å². The number of carbonyl (C=O) groups is 2. The Bertz CT molecular complexity index is 1540. The predicted octanol–water partition coefficient (Wildman–Crippen LogP) is 6.49. The highest BCUT2D eigenvalue weighted by molar-refractivity contribution is 7.21. The molecule has 5 rings (SSSR count).